The molecule has 2 aromatic rings. The number of thioether (sulfide) groups is 1. The third-order valence-corrected chi connectivity index (χ3v) is 4.18. The first-order chi connectivity index (χ1) is 8.87. The van der Waals surface area contributed by atoms with Gasteiger partial charge in [0.25, 0.3) is 0 Å². The zero-order chi connectivity index (χ0) is 14.0. The number of nitrogens with zero attached hydrogens (tertiary/aromatic N) is 3. The van der Waals surface area contributed by atoms with Gasteiger partial charge in [-0.2, -0.15) is 0 Å². The lowest BCUT2D eigenvalue weighted by Crippen LogP contribution is -2.22. The molecule has 0 saturated carbocycles. The van der Waals surface area contributed by atoms with Crippen LogP contribution in [0.4, 0.5) is 0 Å². The van der Waals surface area contributed by atoms with E-state index in [1.165, 1.54) is 16.4 Å². The van der Waals surface area contributed by atoms with Gasteiger partial charge in [-0.25, -0.2) is 4.68 Å². The monoisotopic (exact) mass is 342 g/mol. The second-order valence-corrected chi connectivity index (χ2v) is 6.65. The van der Waals surface area contributed by atoms with Crippen LogP contribution in [-0.4, -0.2) is 31.3 Å². The Morgan fingerprint density at radius 2 is 2.16 bits per heavy atom. The molecule has 3 N–H and O–H groups in total. The number of aromatic nitrogens is 3. The Bertz CT molecular complexity index is 579. The number of hydrogen-bond donors (Lipinski definition) is 2. The average Bonchev–Trinajstić information content (AvgIpc) is 2.67. The highest BCUT2D eigenvalue weighted by Gasteiger charge is 2.17. The highest BCUT2D eigenvalue weighted by atomic mass is 79.9. The molecular formula is C12H15BrN4OS. The van der Waals surface area contributed by atoms with Gasteiger partial charge in [0.15, 0.2) is 5.82 Å². The lowest BCUT2D eigenvalue weighted by Gasteiger charge is -2.15. The van der Waals surface area contributed by atoms with E-state index in [4.69, 9.17) is 5.84 Å². The highest BCUT2D eigenvalue weighted by molar-refractivity contribution is 9.10. The normalized spacial score (nSPS) is 11.8. The SMILES string of the molecule is CC(C)(O)CSc1nnc(-c2cccc(Br)c2)n1N. The molecule has 1 aromatic heterocycles. The third kappa shape index (κ3) is 3.71. The van der Waals surface area contributed by atoms with E-state index in [-0.39, 0.29) is 0 Å². The molecule has 0 atom stereocenters. The molecule has 2 rings (SSSR count). The summed E-state index contributed by atoms with van der Waals surface area (Å²) in [5.41, 5.74) is 0.117. The summed E-state index contributed by atoms with van der Waals surface area (Å²) in [4.78, 5) is 0. The van der Waals surface area contributed by atoms with Crippen LogP contribution in [0.2, 0.25) is 0 Å². The lowest BCUT2D eigenvalue weighted by atomic mass is 10.2. The maximum atomic E-state index is 9.70. The van der Waals surface area contributed by atoms with Crippen molar-refractivity contribution in [2.24, 2.45) is 0 Å². The van der Waals surface area contributed by atoms with Gasteiger partial charge in [-0.05, 0) is 26.0 Å². The molecule has 0 bridgehead atoms. The molecule has 0 saturated heterocycles. The Kier molecular flexibility index (Phi) is 4.17. The van der Waals surface area contributed by atoms with Crippen LogP contribution in [0.25, 0.3) is 11.4 Å². The zero-order valence-corrected chi connectivity index (χ0v) is 13.1. The molecule has 0 aliphatic rings. The smallest absolute Gasteiger partial charge is 0.210 e. The fraction of sp³-hybridized carbons (Fsp3) is 0.333. The van der Waals surface area contributed by atoms with E-state index < -0.39 is 5.60 Å². The molecule has 0 aliphatic heterocycles. The zero-order valence-electron chi connectivity index (χ0n) is 10.7. The van der Waals surface area contributed by atoms with E-state index in [0.717, 1.165) is 10.0 Å². The van der Waals surface area contributed by atoms with Crippen molar-refractivity contribution >= 4 is 27.7 Å². The molecule has 0 radical (unpaired) electrons. The molecule has 0 aliphatic carbocycles. The van der Waals surface area contributed by atoms with Gasteiger partial charge in [0, 0.05) is 15.8 Å². The Morgan fingerprint density at radius 3 is 2.79 bits per heavy atom. The van der Waals surface area contributed by atoms with Gasteiger partial charge < -0.3 is 10.9 Å². The van der Waals surface area contributed by atoms with Crippen LogP contribution in [0.1, 0.15) is 13.8 Å². The van der Waals surface area contributed by atoms with Gasteiger partial charge in [-0.3, -0.25) is 0 Å². The molecule has 19 heavy (non-hydrogen) atoms. The summed E-state index contributed by atoms with van der Waals surface area (Å²) in [6.07, 6.45) is 0. The minimum Gasteiger partial charge on any atom is -0.390 e. The fourth-order valence-corrected chi connectivity index (χ4v) is 2.65. The van der Waals surface area contributed by atoms with Crippen LogP contribution < -0.4 is 5.84 Å². The van der Waals surface area contributed by atoms with E-state index in [9.17, 15) is 5.11 Å². The van der Waals surface area contributed by atoms with E-state index in [0.29, 0.717) is 16.7 Å². The predicted octanol–water partition coefficient (Wildman–Crippen LogP) is 2.28. The third-order valence-electron chi connectivity index (χ3n) is 2.30. The number of aliphatic hydroxyl groups is 1. The van der Waals surface area contributed by atoms with Crippen molar-refractivity contribution in [3.05, 3.63) is 28.7 Å². The van der Waals surface area contributed by atoms with Gasteiger partial charge in [-0.1, -0.05) is 39.8 Å². The van der Waals surface area contributed by atoms with Crippen molar-refractivity contribution in [2.75, 3.05) is 11.6 Å². The van der Waals surface area contributed by atoms with Crippen molar-refractivity contribution in [1.82, 2.24) is 14.9 Å². The van der Waals surface area contributed by atoms with Crippen LogP contribution >= 0.6 is 27.7 Å². The van der Waals surface area contributed by atoms with E-state index >= 15 is 0 Å². The Morgan fingerprint density at radius 1 is 1.42 bits per heavy atom. The Balaban J connectivity index is 2.23. The minimum atomic E-state index is -0.771. The van der Waals surface area contributed by atoms with Crippen LogP contribution in [0.5, 0.6) is 0 Å². The van der Waals surface area contributed by atoms with Gasteiger partial charge in [-0.15, -0.1) is 10.2 Å². The second kappa shape index (κ2) is 5.52. The Labute approximate surface area is 124 Å². The Hall–Kier alpha value is -1.05. The minimum absolute atomic E-state index is 0.501. The molecule has 0 fully saturated rings. The van der Waals surface area contributed by atoms with Crippen LogP contribution in [-0.2, 0) is 0 Å². The van der Waals surface area contributed by atoms with Crippen LogP contribution in [0.15, 0.2) is 33.9 Å². The first kappa shape index (κ1) is 14.4. The molecule has 7 heteroatoms. The summed E-state index contributed by atoms with van der Waals surface area (Å²) in [6.45, 7) is 3.49. The maximum absolute atomic E-state index is 9.70. The summed E-state index contributed by atoms with van der Waals surface area (Å²) in [7, 11) is 0. The summed E-state index contributed by atoms with van der Waals surface area (Å²) in [5, 5.41) is 18.4. The maximum Gasteiger partial charge on any atom is 0.210 e. The van der Waals surface area contributed by atoms with Crippen molar-refractivity contribution in [1.29, 1.82) is 0 Å². The van der Waals surface area contributed by atoms with Gasteiger partial charge in [0.2, 0.25) is 5.16 Å². The van der Waals surface area contributed by atoms with Gasteiger partial charge >= 0.3 is 0 Å². The van der Waals surface area contributed by atoms with E-state index in [1.807, 2.05) is 24.3 Å². The van der Waals surface area contributed by atoms with Crippen molar-refractivity contribution in [3.8, 4) is 11.4 Å². The van der Waals surface area contributed by atoms with Crippen LogP contribution in [0.3, 0.4) is 0 Å². The van der Waals surface area contributed by atoms with Crippen molar-refractivity contribution in [3.63, 3.8) is 0 Å². The predicted molar refractivity (Wildman–Crippen MR) is 80.3 cm³/mol. The molecule has 1 aromatic carbocycles. The molecule has 0 unspecified atom stereocenters. The number of nitrogens with two attached hydrogens (primary N) is 1. The first-order valence-electron chi connectivity index (χ1n) is 5.68. The standard InChI is InChI=1S/C12H15BrN4OS/c1-12(2,18)7-19-11-16-15-10(17(11)14)8-4-3-5-9(13)6-8/h3-6,18H,7,14H2,1-2H3. The van der Waals surface area contributed by atoms with Crippen molar-refractivity contribution < 1.29 is 5.11 Å². The largest absolute Gasteiger partial charge is 0.390 e. The number of benzene rings is 1. The molecule has 0 spiro atoms. The molecule has 0 amide bonds. The van der Waals surface area contributed by atoms with E-state index in [2.05, 4.69) is 26.1 Å². The van der Waals surface area contributed by atoms with Crippen molar-refractivity contribution in [2.45, 2.75) is 24.6 Å². The molecule has 5 nitrogen and oxygen atoms in total. The number of hydrogen-bond acceptors (Lipinski definition) is 5. The molecule has 102 valence electrons. The molecule has 1 heterocycles. The highest BCUT2D eigenvalue weighted by Crippen LogP contribution is 2.25. The summed E-state index contributed by atoms with van der Waals surface area (Å²) in [6, 6.07) is 7.70. The van der Waals surface area contributed by atoms with Gasteiger partial charge in [0.1, 0.15) is 0 Å². The fourth-order valence-electron chi connectivity index (χ4n) is 1.44. The summed E-state index contributed by atoms with van der Waals surface area (Å²) < 4.78 is 2.40. The number of halogens is 1. The second-order valence-electron chi connectivity index (χ2n) is 4.79. The van der Waals surface area contributed by atoms with Gasteiger partial charge in [0.05, 0.1) is 5.60 Å². The average molecular weight is 343 g/mol. The number of nitrogen functional groups attached to an aromatic ring is 1. The first-order valence-corrected chi connectivity index (χ1v) is 7.46. The van der Waals surface area contributed by atoms with E-state index in [1.54, 1.807) is 13.8 Å². The van der Waals surface area contributed by atoms with Crippen LogP contribution in [0, 0.1) is 0 Å². The summed E-state index contributed by atoms with van der Waals surface area (Å²) in [5.74, 6) is 7.09. The quantitative estimate of drug-likeness (QED) is 0.658. The lowest BCUT2D eigenvalue weighted by molar-refractivity contribution is 0.107. The topological polar surface area (TPSA) is 77.0 Å². The number of rotatable bonds is 4. The summed E-state index contributed by atoms with van der Waals surface area (Å²) >= 11 is 4.79. The molecular weight excluding hydrogens is 328 g/mol.